The van der Waals surface area contributed by atoms with Crippen molar-refractivity contribution in [2.45, 2.75) is 19.9 Å². The van der Waals surface area contributed by atoms with Gasteiger partial charge in [-0.05, 0) is 12.5 Å². The smallest absolute Gasteiger partial charge is 0.214 e. The summed E-state index contributed by atoms with van der Waals surface area (Å²) in [7, 11) is 0.168. The second-order valence-corrected chi connectivity index (χ2v) is 7.73. The van der Waals surface area contributed by atoms with Gasteiger partial charge in [-0.25, -0.2) is 8.42 Å². The van der Waals surface area contributed by atoms with E-state index in [0.717, 1.165) is 30.9 Å². The maximum Gasteiger partial charge on any atom is 0.214 e. The lowest BCUT2D eigenvalue weighted by Gasteiger charge is -2.34. The average Bonchev–Trinajstić information content (AvgIpc) is 2.55. The molecule has 0 amide bonds. The number of para-hydroxylation sites is 1. The molecule has 0 N–H and O–H groups in total. The highest BCUT2D eigenvalue weighted by molar-refractivity contribution is 7.89. The first-order chi connectivity index (χ1) is 11.0. The number of hydrogen-bond acceptors (Lipinski definition) is 5. The Labute approximate surface area is 139 Å². The zero-order chi connectivity index (χ0) is 16.9. The minimum Gasteiger partial charge on any atom is -0.493 e. The second-order valence-electron chi connectivity index (χ2n) is 5.64. The molecule has 0 saturated carbocycles. The summed E-state index contributed by atoms with van der Waals surface area (Å²) in [5.41, 5.74) is 1.05. The van der Waals surface area contributed by atoms with Crippen molar-refractivity contribution < 1.29 is 17.9 Å². The third kappa shape index (κ3) is 4.37. The molecule has 0 radical (unpaired) electrons. The average molecular weight is 342 g/mol. The zero-order valence-corrected chi connectivity index (χ0v) is 14.9. The highest BCUT2D eigenvalue weighted by Crippen LogP contribution is 2.31. The highest BCUT2D eigenvalue weighted by atomic mass is 32.2. The largest absolute Gasteiger partial charge is 0.493 e. The number of methoxy groups -OCH3 is 2. The molecule has 1 aromatic rings. The van der Waals surface area contributed by atoms with Crippen molar-refractivity contribution in [1.82, 2.24) is 9.21 Å². The summed E-state index contributed by atoms with van der Waals surface area (Å²) < 4.78 is 36.6. The van der Waals surface area contributed by atoms with Gasteiger partial charge in [0.25, 0.3) is 0 Å². The maximum atomic E-state index is 12.1. The quantitative estimate of drug-likeness (QED) is 0.753. The number of piperazine rings is 1. The molecule has 130 valence electrons. The van der Waals surface area contributed by atoms with Crippen molar-refractivity contribution in [3.63, 3.8) is 0 Å². The molecule has 1 aromatic carbocycles. The fourth-order valence-electron chi connectivity index (χ4n) is 2.87. The summed E-state index contributed by atoms with van der Waals surface area (Å²) in [6.45, 7) is 5.17. The Morgan fingerprint density at radius 3 is 2.35 bits per heavy atom. The van der Waals surface area contributed by atoms with E-state index in [1.807, 2.05) is 25.1 Å². The van der Waals surface area contributed by atoms with E-state index in [9.17, 15) is 8.42 Å². The Hall–Kier alpha value is -1.31. The van der Waals surface area contributed by atoms with Gasteiger partial charge in [0.05, 0.1) is 20.0 Å². The van der Waals surface area contributed by atoms with Crippen molar-refractivity contribution in [3.8, 4) is 11.5 Å². The molecular weight excluding hydrogens is 316 g/mol. The first kappa shape index (κ1) is 18.0. The second kappa shape index (κ2) is 7.99. The third-order valence-electron chi connectivity index (χ3n) is 4.07. The lowest BCUT2D eigenvalue weighted by Crippen LogP contribution is -2.48. The Kier molecular flexibility index (Phi) is 6.26. The van der Waals surface area contributed by atoms with Crippen LogP contribution in [0.15, 0.2) is 18.2 Å². The molecule has 0 aliphatic carbocycles. The SMILES string of the molecule is CCCS(=O)(=O)N1CCN(Cc2cccc(OC)c2OC)CC1. The van der Waals surface area contributed by atoms with Gasteiger partial charge in [-0.2, -0.15) is 4.31 Å². The summed E-state index contributed by atoms with van der Waals surface area (Å²) in [5, 5.41) is 0. The molecule has 1 fully saturated rings. The Bertz CT molecular complexity index is 611. The van der Waals surface area contributed by atoms with Gasteiger partial charge in [0.1, 0.15) is 0 Å². The van der Waals surface area contributed by atoms with Crippen LogP contribution in [-0.4, -0.2) is 63.8 Å². The van der Waals surface area contributed by atoms with Gasteiger partial charge in [0.2, 0.25) is 10.0 Å². The molecule has 6 nitrogen and oxygen atoms in total. The molecule has 0 spiro atoms. The van der Waals surface area contributed by atoms with Crippen molar-refractivity contribution in [3.05, 3.63) is 23.8 Å². The number of sulfonamides is 1. The predicted molar refractivity (Wildman–Crippen MR) is 90.5 cm³/mol. The molecule has 0 atom stereocenters. The molecular formula is C16H26N2O4S. The Morgan fingerprint density at radius 2 is 1.78 bits per heavy atom. The van der Waals surface area contributed by atoms with Crippen LogP contribution >= 0.6 is 0 Å². The van der Waals surface area contributed by atoms with E-state index in [4.69, 9.17) is 9.47 Å². The summed E-state index contributed by atoms with van der Waals surface area (Å²) in [6, 6.07) is 5.83. The molecule has 0 aromatic heterocycles. The number of benzene rings is 1. The van der Waals surface area contributed by atoms with E-state index in [1.54, 1.807) is 18.5 Å². The monoisotopic (exact) mass is 342 g/mol. The van der Waals surface area contributed by atoms with Gasteiger partial charge < -0.3 is 9.47 Å². The fourth-order valence-corrected chi connectivity index (χ4v) is 4.37. The van der Waals surface area contributed by atoms with Crippen LogP contribution in [0, 0.1) is 0 Å². The number of nitrogens with zero attached hydrogens (tertiary/aromatic N) is 2. The summed E-state index contributed by atoms with van der Waals surface area (Å²) in [5.74, 6) is 1.70. The molecule has 1 aliphatic rings. The standard InChI is InChI=1S/C16H26N2O4S/c1-4-12-23(19,20)18-10-8-17(9-11-18)13-14-6-5-7-15(21-2)16(14)22-3/h5-7H,4,8-13H2,1-3H3. The van der Waals surface area contributed by atoms with E-state index < -0.39 is 10.0 Å². The van der Waals surface area contributed by atoms with Gasteiger partial charge in [0.15, 0.2) is 11.5 Å². The fraction of sp³-hybridized carbons (Fsp3) is 0.625. The Morgan fingerprint density at radius 1 is 1.09 bits per heavy atom. The first-order valence-electron chi connectivity index (χ1n) is 7.92. The Balaban J connectivity index is 2.00. The summed E-state index contributed by atoms with van der Waals surface area (Å²) in [6.07, 6.45) is 0.656. The highest BCUT2D eigenvalue weighted by Gasteiger charge is 2.26. The summed E-state index contributed by atoms with van der Waals surface area (Å²) >= 11 is 0. The van der Waals surface area contributed by atoms with Crippen molar-refractivity contribution in [1.29, 1.82) is 0 Å². The molecule has 1 aliphatic heterocycles. The van der Waals surface area contributed by atoms with Crippen molar-refractivity contribution in [2.24, 2.45) is 0 Å². The minimum absolute atomic E-state index is 0.233. The third-order valence-corrected chi connectivity index (χ3v) is 6.14. The first-order valence-corrected chi connectivity index (χ1v) is 9.52. The lowest BCUT2D eigenvalue weighted by molar-refractivity contribution is 0.179. The van der Waals surface area contributed by atoms with Crippen LogP contribution in [-0.2, 0) is 16.6 Å². The molecule has 0 bridgehead atoms. The van der Waals surface area contributed by atoms with E-state index in [1.165, 1.54) is 0 Å². The molecule has 0 unspecified atom stereocenters. The van der Waals surface area contributed by atoms with E-state index >= 15 is 0 Å². The molecule has 2 rings (SSSR count). The summed E-state index contributed by atoms with van der Waals surface area (Å²) in [4.78, 5) is 2.25. The predicted octanol–water partition coefficient (Wildman–Crippen LogP) is 1.56. The normalized spacial score (nSPS) is 17.2. The van der Waals surface area contributed by atoms with Crippen LogP contribution < -0.4 is 9.47 Å². The van der Waals surface area contributed by atoms with E-state index in [-0.39, 0.29) is 5.75 Å². The minimum atomic E-state index is -3.09. The van der Waals surface area contributed by atoms with Crippen LogP contribution in [0.5, 0.6) is 11.5 Å². The van der Waals surface area contributed by atoms with Crippen LogP contribution in [0.2, 0.25) is 0 Å². The van der Waals surface area contributed by atoms with E-state index in [2.05, 4.69) is 4.90 Å². The van der Waals surface area contributed by atoms with E-state index in [0.29, 0.717) is 25.3 Å². The lowest BCUT2D eigenvalue weighted by atomic mass is 10.1. The van der Waals surface area contributed by atoms with Gasteiger partial charge in [-0.3, -0.25) is 4.90 Å². The molecule has 23 heavy (non-hydrogen) atoms. The number of rotatable bonds is 7. The molecule has 1 saturated heterocycles. The topological polar surface area (TPSA) is 59.1 Å². The van der Waals surface area contributed by atoms with Gasteiger partial charge >= 0.3 is 0 Å². The number of hydrogen-bond donors (Lipinski definition) is 0. The number of ether oxygens (including phenoxy) is 2. The van der Waals surface area contributed by atoms with Crippen molar-refractivity contribution in [2.75, 3.05) is 46.2 Å². The van der Waals surface area contributed by atoms with Gasteiger partial charge in [-0.1, -0.05) is 19.1 Å². The zero-order valence-electron chi connectivity index (χ0n) is 14.1. The maximum absolute atomic E-state index is 12.1. The van der Waals surface area contributed by atoms with Crippen molar-refractivity contribution >= 4 is 10.0 Å². The van der Waals surface area contributed by atoms with Gasteiger partial charge in [0, 0.05) is 38.3 Å². The van der Waals surface area contributed by atoms with Crippen LogP contribution in [0.25, 0.3) is 0 Å². The van der Waals surface area contributed by atoms with Crippen LogP contribution in [0.1, 0.15) is 18.9 Å². The van der Waals surface area contributed by atoms with Crippen LogP contribution in [0.3, 0.4) is 0 Å². The van der Waals surface area contributed by atoms with Gasteiger partial charge in [-0.15, -0.1) is 0 Å². The molecule has 1 heterocycles. The molecule has 7 heteroatoms. The van der Waals surface area contributed by atoms with Crippen LogP contribution in [0.4, 0.5) is 0 Å².